The van der Waals surface area contributed by atoms with Crippen molar-refractivity contribution in [2.45, 2.75) is 12.8 Å². The van der Waals surface area contributed by atoms with E-state index in [9.17, 15) is 19.7 Å². The van der Waals surface area contributed by atoms with E-state index in [1.54, 1.807) is 18.2 Å². The minimum Gasteiger partial charge on any atom is -0.366 e. The third-order valence-corrected chi connectivity index (χ3v) is 3.70. The summed E-state index contributed by atoms with van der Waals surface area (Å²) in [6.45, 7) is 0. The minimum absolute atomic E-state index is 0.00620. The van der Waals surface area contributed by atoms with E-state index >= 15 is 0 Å². The largest absolute Gasteiger partial charge is 0.366 e. The average Bonchev–Trinajstić information content (AvgIpc) is 2.53. The molecule has 0 atom stereocenters. The first-order chi connectivity index (χ1) is 11.4. The van der Waals surface area contributed by atoms with E-state index in [2.05, 4.69) is 5.32 Å². The summed E-state index contributed by atoms with van der Waals surface area (Å²) in [5.74, 6) is -1.19. The van der Waals surface area contributed by atoms with Gasteiger partial charge in [0.05, 0.1) is 16.2 Å². The van der Waals surface area contributed by atoms with Crippen LogP contribution < -0.4 is 11.1 Å². The third-order valence-electron chi connectivity index (χ3n) is 3.33. The topological polar surface area (TPSA) is 115 Å². The maximum atomic E-state index is 12.1. The van der Waals surface area contributed by atoms with Crippen LogP contribution in [0.1, 0.15) is 22.3 Å². The number of aryl methyl sites for hydroxylation is 1. The van der Waals surface area contributed by atoms with Gasteiger partial charge in [0.2, 0.25) is 5.91 Å². The number of anilines is 1. The first kappa shape index (κ1) is 17.4. The van der Waals surface area contributed by atoms with Gasteiger partial charge in [-0.2, -0.15) is 0 Å². The Bertz CT molecular complexity index is 808. The highest BCUT2D eigenvalue weighted by atomic mass is 35.5. The van der Waals surface area contributed by atoms with Crippen molar-refractivity contribution >= 4 is 34.8 Å². The summed E-state index contributed by atoms with van der Waals surface area (Å²) < 4.78 is 0. The van der Waals surface area contributed by atoms with Gasteiger partial charge >= 0.3 is 0 Å². The Morgan fingerprint density at radius 2 is 1.92 bits per heavy atom. The summed E-state index contributed by atoms with van der Waals surface area (Å²) >= 11 is 6.02. The lowest BCUT2D eigenvalue weighted by Gasteiger charge is -2.09. The molecular formula is C16H14ClN3O4. The van der Waals surface area contributed by atoms with Gasteiger partial charge in [-0.1, -0.05) is 29.8 Å². The second-order valence-corrected chi connectivity index (χ2v) is 5.40. The molecule has 0 saturated heterocycles. The van der Waals surface area contributed by atoms with Crippen LogP contribution in [0.25, 0.3) is 0 Å². The zero-order chi connectivity index (χ0) is 17.7. The number of amides is 2. The van der Waals surface area contributed by atoms with Gasteiger partial charge < -0.3 is 11.1 Å². The maximum Gasteiger partial charge on any atom is 0.271 e. The summed E-state index contributed by atoms with van der Waals surface area (Å²) in [5.41, 5.74) is 5.80. The van der Waals surface area contributed by atoms with Crippen molar-refractivity contribution in [3.8, 4) is 0 Å². The number of nitrogens with zero attached hydrogens (tertiary/aromatic N) is 1. The molecule has 0 aliphatic heterocycles. The van der Waals surface area contributed by atoms with Crippen molar-refractivity contribution in [2.24, 2.45) is 5.73 Å². The summed E-state index contributed by atoms with van der Waals surface area (Å²) in [6.07, 6.45) is 0.497. The molecule has 8 heteroatoms. The van der Waals surface area contributed by atoms with Crippen molar-refractivity contribution in [1.29, 1.82) is 0 Å². The standard InChI is InChI=1S/C16H14ClN3O4/c17-13-4-2-1-3-10(13)5-8-15(21)19-14-9-11(20(23)24)6-7-12(14)16(18)22/h1-4,6-7,9H,5,8H2,(H2,18,22)(H,19,21). The van der Waals surface area contributed by atoms with Crippen LogP contribution in [0.15, 0.2) is 42.5 Å². The molecule has 0 fully saturated rings. The van der Waals surface area contributed by atoms with Gasteiger partial charge in [-0.3, -0.25) is 19.7 Å². The second-order valence-electron chi connectivity index (χ2n) is 4.99. The molecule has 0 saturated carbocycles. The molecule has 0 spiro atoms. The van der Waals surface area contributed by atoms with Gasteiger partial charge in [-0.05, 0) is 24.1 Å². The van der Waals surface area contributed by atoms with Crippen LogP contribution in [0.4, 0.5) is 11.4 Å². The Labute approximate surface area is 142 Å². The minimum atomic E-state index is -0.786. The number of halogens is 1. The predicted molar refractivity (Wildman–Crippen MR) is 90.0 cm³/mol. The molecule has 2 amide bonds. The molecule has 124 valence electrons. The molecule has 0 aliphatic rings. The average molecular weight is 348 g/mol. The maximum absolute atomic E-state index is 12.1. The first-order valence-corrected chi connectivity index (χ1v) is 7.38. The number of benzene rings is 2. The summed E-state index contributed by atoms with van der Waals surface area (Å²) in [7, 11) is 0. The fourth-order valence-corrected chi connectivity index (χ4v) is 2.36. The molecule has 7 nitrogen and oxygen atoms in total. The lowest BCUT2D eigenvalue weighted by atomic mass is 10.1. The first-order valence-electron chi connectivity index (χ1n) is 7.00. The fourth-order valence-electron chi connectivity index (χ4n) is 2.13. The highest BCUT2D eigenvalue weighted by Gasteiger charge is 2.16. The predicted octanol–water partition coefficient (Wildman–Crippen LogP) is 2.92. The molecule has 24 heavy (non-hydrogen) atoms. The van der Waals surface area contributed by atoms with Gasteiger partial charge in [0.1, 0.15) is 0 Å². The van der Waals surface area contributed by atoms with E-state index in [4.69, 9.17) is 17.3 Å². The highest BCUT2D eigenvalue weighted by molar-refractivity contribution is 6.31. The molecule has 2 rings (SSSR count). The smallest absolute Gasteiger partial charge is 0.271 e. The Morgan fingerprint density at radius 3 is 2.54 bits per heavy atom. The summed E-state index contributed by atoms with van der Waals surface area (Å²) in [6, 6.07) is 10.6. The van der Waals surface area contributed by atoms with Crippen molar-refractivity contribution in [1.82, 2.24) is 0 Å². The molecule has 0 radical (unpaired) electrons. The number of hydrogen-bond acceptors (Lipinski definition) is 4. The van der Waals surface area contributed by atoms with E-state index < -0.39 is 16.7 Å². The molecule has 2 aromatic carbocycles. The van der Waals surface area contributed by atoms with Crippen LogP contribution in [-0.4, -0.2) is 16.7 Å². The molecule has 0 bridgehead atoms. The van der Waals surface area contributed by atoms with Gasteiger partial charge in [0, 0.05) is 23.6 Å². The molecular weight excluding hydrogens is 334 g/mol. The van der Waals surface area contributed by atoms with Crippen LogP contribution in [0.3, 0.4) is 0 Å². The normalized spacial score (nSPS) is 10.2. The Kier molecular flexibility index (Phi) is 5.49. The number of nitro groups is 1. The molecule has 0 unspecified atom stereocenters. The molecule has 0 aliphatic carbocycles. The number of non-ortho nitro benzene ring substituents is 1. The number of carbonyl (C=O) groups excluding carboxylic acids is 2. The zero-order valence-corrected chi connectivity index (χ0v) is 13.2. The Morgan fingerprint density at radius 1 is 1.21 bits per heavy atom. The number of nitro benzene ring substituents is 1. The number of nitrogens with two attached hydrogens (primary N) is 1. The van der Waals surface area contributed by atoms with Gasteiger partial charge in [-0.15, -0.1) is 0 Å². The van der Waals surface area contributed by atoms with Crippen molar-refractivity contribution < 1.29 is 14.5 Å². The number of primary amides is 1. The van der Waals surface area contributed by atoms with Crippen LogP contribution in [0.2, 0.25) is 5.02 Å². The lowest BCUT2D eigenvalue weighted by molar-refractivity contribution is -0.384. The molecule has 2 aromatic rings. The van der Waals surface area contributed by atoms with Crippen LogP contribution in [-0.2, 0) is 11.2 Å². The van der Waals surface area contributed by atoms with E-state index in [0.717, 1.165) is 17.7 Å². The molecule has 0 heterocycles. The fraction of sp³-hybridized carbons (Fsp3) is 0.125. The number of rotatable bonds is 6. The molecule has 0 aromatic heterocycles. The second kappa shape index (κ2) is 7.56. The summed E-state index contributed by atoms with van der Waals surface area (Å²) in [4.78, 5) is 33.7. The van der Waals surface area contributed by atoms with Crippen LogP contribution in [0, 0.1) is 10.1 Å². The third kappa shape index (κ3) is 4.30. The van der Waals surface area contributed by atoms with E-state index in [1.165, 1.54) is 6.07 Å². The SMILES string of the molecule is NC(=O)c1ccc([N+](=O)[O-])cc1NC(=O)CCc1ccccc1Cl. The highest BCUT2D eigenvalue weighted by Crippen LogP contribution is 2.23. The monoisotopic (exact) mass is 347 g/mol. The van der Waals surface area contributed by atoms with E-state index in [1.807, 2.05) is 6.07 Å². The van der Waals surface area contributed by atoms with Crippen LogP contribution in [0.5, 0.6) is 0 Å². The Balaban J connectivity index is 2.13. The van der Waals surface area contributed by atoms with Gasteiger partial charge in [0.15, 0.2) is 0 Å². The number of carbonyl (C=O) groups is 2. The van der Waals surface area contributed by atoms with Gasteiger partial charge in [-0.25, -0.2) is 0 Å². The van der Waals surface area contributed by atoms with E-state index in [0.29, 0.717) is 11.4 Å². The van der Waals surface area contributed by atoms with Crippen molar-refractivity contribution in [2.75, 3.05) is 5.32 Å². The summed E-state index contributed by atoms with van der Waals surface area (Å²) in [5, 5.41) is 13.9. The van der Waals surface area contributed by atoms with Gasteiger partial charge in [0.25, 0.3) is 11.6 Å². The van der Waals surface area contributed by atoms with E-state index in [-0.39, 0.29) is 23.4 Å². The van der Waals surface area contributed by atoms with Crippen molar-refractivity contribution in [3.05, 3.63) is 68.7 Å². The quantitative estimate of drug-likeness (QED) is 0.617. The lowest BCUT2D eigenvalue weighted by Crippen LogP contribution is -2.18. The molecule has 3 N–H and O–H groups in total. The van der Waals surface area contributed by atoms with Crippen LogP contribution >= 0.6 is 11.6 Å². The van der Waals surface area contributed by atoms with Crippen molar-refractivity contribution in [3.63, 3.8) is 0 Å². The number of nitrogens with one attached hydrogen (secondary N) is 1. The number of hydrogen-bond donors (Lipinski definition) is 2. The Hall–Kier alpha value is -2.93. The zero-order valence-electron chi connectivity index (χ0n) is 12.5.